The van der Waals surface area contributed by atoms with Crippen molar-refractivity contribution in [1.29, 1.82) is 0 Å². The van der Waals surface area contributed by atoms with E-state index in [0.29, 0.717) is 5.41 Å². The van der Waals surface area contributed by atoms with E-state index in [1.54, 1.807) is 0 Å². The van der Waals surface area contributed by atoms with Crippen LogP contribution in [0.5, 0.6) is 5.75 Å². The number of para-hydroxylation sites is 1. The molecule has 19 heavy (non-hydrogen) atoms. The maximum Gasteiger partial charge on any atom is 0.122 e. The number of alkyl halides is 1. The SMILES string of the molecule is C=CCc1ccccc1OCC1(CBr)CCCCC1. The maximum atomic E-state index is 6.15. The molecule has 1 aromatic rings. The molecule has 0 amide bonds. The van der Waals surface area contributed by atoms with E-state index in [1.807, 2.05) is 12.1 Å². The Balaban J connectivity index is 2.02. The van der Waals surface area contributed by atoms with Crippen LogP contribution < -0.4 is 4.74 Å². The molecule has 1 aliphatic rings. The first-order valence-corrected chi connectivity index (χ1v) is 8.29. The molecule has 0 radical (unpaired) electrons. The number of benzene rings is 1. The predicted octanol–water partition coefficient (Wildman–Crippen LogP) is 5.14. The van der Waals surface area contributed by atoms with E-state index in [1.165, 1.54) is 37.7 Å². The van der Waals surface area contributed by atoms with Crippen molar-refractivity contribution < 1.29 is 4.74 Å². The fraction of sp³-hybridized carbons (Fsp3) is 0.529. The second-order valence-electron chi connectivity index (χ2n) is 5.58. The van der Waals surface area contributed by atoms with E-state index >= 15 is 0 Å². The molecule has 0 bridgehead atoms. The molecule has 0 unspecified atom stereocenters. The first kappa shape index (κ1) is 14.6. The van der Waals surface area contributed by atoms with Gasteiger partial charge < -0.3 is 4.74 Å². The number of rotatable bonds is 6. The Bertz CT molecular complexity index is 407. The molecule has 0 saturated heterocycles. The largest absolute Gasteiger partial charge is 0.493 e. The summed E-state index contributed by atoms with van der Waals surface area (Å²) in [7, 11) is 0. The van der Waals surface area contributed by atoms with E-state index in [2.05, 4.69) is 40.7 Å². The van der Waals surface area contributed by atoms with Crippen LogP contribution in [0.1, 0.15) is 37.7 Å². The predicted molar refractivity (Wildman–Crippen MR) is 85.2 cm³/mol. The molecule has 1 saturated carbocycles. The van der Waals surface area contributed by atoms with Crippen molar-refractivity contribution >= 4 is 15.9 Å². The van der Waals surface area contributed by atoms with Gasteiger partial charge in [-0.05, 0) is 30.9 Å². The van der Waals surface area contributed by atoms with Crippen LogP contribution in [0.25, 0.3) is 0 Å². The van der Waals surface area contributed by atoms with E-state index in [-0.39, 0.29) is 0 Å². The summed E-state index contributed by atoms with van der Waals surface area (Å²) in [6, 6.07) is 8.30. The van der Waals surface area contributed by atoms with Crippen molar-refractivity contribution in [2.45, 2.75) is 38.5 Å². The molecule has 1 aromatic carbocycles. The van der Waals surface area contributed by atoms with Crippen LogP contribution in [0, 0.1) is 5.41 Å². The standard InChI is InChI=1S/C17H23BrO/c1-2-8-15-9-4-5-10-16(15)19-14-17(13-18)11-6-3-7-12-17/h2,4-5,9-10H,1,3,6-8,11-14H2. The Hall–Kier alpha value is -0.760. The third kappa shape index (κ3) is 3.85. The van der Waals surface area contributed by atoms with Gasteiger partial charge in [0, 0.05) is 10.7 Å². The molecule has 2 heteroatoms. The lowest BCUT2D eigenvalue weighted by molar-refractivity contribution is 0.121. The zero-order valence-electron chi connectivity index (χ0n) is 11.5. The third-order valence-electron chi connectivity index (χ3n) is 4.07. The lowest BCUT2D eigenvalue weighted by Crippen LogP contribution is -2.32. The van der Waals surface area contributed by atoms with Gasteiger partial charge in [-0.15, -0.1) is 6.58 Å². The number of hydrogen-bond acceptors (Lipinski definition) is 1. The second-order valence-corrected chi connectivity index (χ2v) is 6.14. The Morgan fingerprint density at radius 2 is 1.95 bits per heavy atom. The highest BCUT2D eigenvalue weighted by Crippen LogP contribution is 2.38. The molecule has 104 valence electrons. The average molecular weight is 323 g/mol. The minimum atomic E-state index is 0.333. The lowest BCUT2D eigenvalue weighted by atomic mass is 9.76. The fourth-order valence-electron chi connectivity index (χ4n) is 2.82. The van der Waals surface area contributed by atoms with E-state index in [4.69, 9.17) is 4.74 Å². The topological polar surface area (TPSA) is 9.23 Å². The van der Waals surface area contributed by atoms with Gasteiger partial charge in [-0.1, -0.05) is 59.5 Å². The Morgan fingerprint density at radius 3 is 2.63 bits per heavy atom. The fourth-order valence-corrected chi connectivity index (χ4v) is 3.54. The van der Waals surface area contributed by atoms with Gasteiger partial charge in [-0.2, -0.15) is 0 Å². The molecule has 0 heterocycles. The van der Waals surface area contributed by atoms with Crippen molar-refractivity contribution in [3.8, 4) is 5.75 Å². The van der Waals surface area contributed by atoms with Crippen LogP contribution in [0.3, 0.4) is 0 Å². The first-order chi connectivity index (χ1) is 9.29. The van der Waals surface area contributed by atoms with Crippen LogP contribution in [0.15, 0.2) is 36.9 Å². The van der Waals surface area contributed by atoms with E-state index in [0.717, 1.165) is 24.1 Å². The monoisotopic (exact) mass is 322 g/mol. The van der Waals surface area contributed by atoms with Crippen LogP contribution in [-0.2, 0) is 6.42 Å². The zero-order valence-corrected chi connectivity index (χ0v) is 13.1. The van der Waals surface area contributed by atoms with E-state index < -0.39 is 0 Å². The van der Waals surface area contributed by atoms with Gasteiger partial charge in [0.05, 0.1) is 6.61 Å². The lowest BCUT2D eigenvalue weighted by Gasteiger charge is -2.35. The number of hydrogen-bond donors (Lipinski definition) is 0. The number of ether oxygens (including phenoxy) is 1. The van der Waals surface area contributed by atoms with Crippen LogP contribution >= 0.6 is 15.9 Å². The highest BCUT2D eigenvalue weighted by Gasteiger charge is 2.31. The summed E-state index contributed by atoms with van der Waals surface area (Å²) >= 11 is 3.69. The molecule has 1 fully saturated rings. The zero-order chi connectivity index (χ0) is 13.6. The van der Waals surface area contributed by atoms with Crippen molar-refractivity contribution in [2.24, 2.45) is 5.41 Å². The van der Waals surface area contributed by atoms with E-state index in [9.17, 15) is 0 Å². The summed E-state index contributed by atoms with van der Waals surface area (Å²) in [6.45, 7) is 4.64. The minimum absolute atomic E-state index is 0.333. The molecule has 1 aliphatic carbocycles. The quantitative estimate of drug-likeness (QED) is 0.520. The highest BCUT2D eigenvalue weighted by molar-refractivity contribution is 9.09. The molecule has 0 atom stereocenters. The number of halogens is 1. The summed E-state index contributed by atoms with van der Waals surface area (Å²) in [6.07, 6.45) is 9.42. The van der Waals surface area contributed by atoms with Gasteiger partial charge in [-0.3, -0.25) is 0 Å². The molecule has 2 rings (SSSR count). The molecule has 0 aliphatic heterocycles. The molecule has 0 N–H and O–H groups in total. The van der Waals surface area contributed by atoms with Gasteiger partial charge >= 0.3 is 0 Å². The summed E-state index contributed by atoms with van der Waals surface area (Å²) in [5.74, 6) is 1.02. The first-order valence-electron chi connectivity index (χ1n) is 7.17. The van der Waals surface area contributed by atoms with Gasteiger partial charge in [-0.25, -0.2) is 0 Å². The average Bonchev–Trinajstić information content (AvgIpc) is 2.48. The summed E-state index contributed by atoms with van der Waals surface area (Å²) in [4.78, 5) is 0. The van der Waals surface area contributed by atoms with Crippen molar-refractivity contribution in [3.05, 3.63) is 42.5 Å². The minimum Gasteiger partial charge on any atom is -0.493 e. The summed E-state index contributed by atoms with van der Waals surface area (Å²) in [5, 5.41) is 1.05. The van der Waals surface area contributed by atoms with Crippen molar-refractivity contribution in [2.75, 3.05) is 11.9 Å². The second kappa shape index (κ2) is 7.14. The van der Waals surface area contributed by atoms with Gasteiger partial charge in [0.2, 0.25) is 0 Å². The summed E-state index contributed by atoms with van der Waals surface area (Å²) in [5.41, 5.74) is 1.57. The third-order valence-corrected chi connectivity index (χ3v) is 5.26. The Labute approximate surface area is 125 Å². The van der Waals surface area contributed by atoms with Gasteiger partial charge in [0.1, 0.15) is 5.75 Å². The van der Waals surface area contributed by atoms with Crippen molar-refractivity contribution in [3.63, 3.8) is 0 Å². The molecule has 0 aromatic heterocycles. The maximum absolute atomic E-state index is 6.15. The van der Waals surface area contributed by atoms with Crippen LogP contribution in [0.4, 0.5) is 0 Å². The highest BCUT2D eigenvalue weighted by atomic mass is 79.9. The Kier molecular flexibility index (Phi) is 5.50. The normalized spacial score (nSPS) is 17.9. The molecular weight excluding hydrogens is 300 g/mol. The van der Waals surface area contributed by atoms with Crippen molar-refractivity contribution in [1.82, 2.24) is 0 Å². The van der Waals surface area contributed by atoms with Gasteiger partial charge in [0.25, 0.3) is 0 Å². The molecule has 0 spiro atoms. The smallest absolute Gasteiger partial charge is 0.122 e. The number of allylic oxidation sites excluding steroid dienone is 1. The van der Waals surface area contributed by atoms with Crippen LogP contribution in [-0.4, -0.2) is 11.9 Å². The van der Waals surface area contributed by atoms with Crippen LogP contribution in [0.2, 0.25) is 0 Å². The molecule has 1 nitrogen and oxygen atoms in total. The molecular formula is C17H23BrO. The summed E-state index contributed by atoms with van der Waals surface area (Å²) < 4.78 is 6.15. The Morgan fingerprint density at radius 1 is 1.21 bits per heavy atom. The van der Waals surface area contributed by atoms with Gasteiger partial charge in [0.15, 0.2) is 0 Å².